The van der Waals surface area contributed by atoms with Crippen molar-refractivity contribution in [2.45, 2.75) is 6.54 Å². The second-order valence-electron chi connectivity index (χ2n) is 5.02. The summed E-state index contributed by atoms with van der Waals surface area (Å²) in [4.78, 5) is 15.7. The highest BCUT2D eigenvalue weighted by Crippen LogP contribution is 2.18. The lowest BCUT2D eigenvalue weighted by molar-refractivity contribution is -0.132. The van der Waals surface area contributed by atoms with E-state index in [2.05, 4.69) is 5.32 Å². The molecule has 0 saturated carbocycles. The number of likely N-dealkylation sites (N-methyl/N-ethyl adjacent to an activating group) is 1. The van der Waals surface area contributed by atoms with Crippen molar-refractivity contribution in [3.63, 3.8) is 0 Å². The smallest absolute Gasteiger partial charge is 0.236 e. The van der Waals surface area contributed by atoms with Gasteiger partial charge in [0.05, 0.1) is 11.6 Å². The summed E-state index contributed by atoms with van der Waals surface area (Å²) in [5.74, 6) is -0.327. The number of amides is 1. The normalized spacial score (nSPS) is 15.0. The summed E-state index contributed by atoms with van der Waals surface area (Å²) < 4.78 is 13.8. The molecule has 1 aromatic rings. The Morgan fingerprint density at radius 2 is 2.10 bits per heavy atom. The van der Waals surface area contributed by atoms with Crippen LogP contribution in [0.4, 0.5) is 4.39 Å². The highest BCUT2D eigenvalue weighted by molar-refractivity contribution is 6.30. The molecule has 7 heteroatoms. The maximum absolute atomic E-state index is 13.8. The molecule has 21 heavy (non-hydrogen) atoms. The van der Waals surface area contributed by atoms with Gasteiger partial charge in [-0.15, -0.1) is 12.4 Å². The Morgan fingerprint density at radius 1 is 1.43 bits per heavy atom. The van der Waals surface area contributed by atoms with Crippen molar-refractivity contribution >= 4 is 29.9 Å². The quantitative estimate of drug-likeness (QED) is 0.910. The van der Waals surface area contributed by atoms with Gasteiger partial charge in [-0.3, -0.25) is 9.69 Å². The van der Waals surface area contributed by atoms with Gasteiger partial charge in [0.25, 0.3) is 0 Å². The molecule has 4 nitrogen and oxygen atoms in total. The molecule has 1 fully saturated rings. The largest absolute Gasteiger partial charge is 0.339 e. The number of carbonyl (C=O) groups is 1. The van der Waals surface area contributed by atoms with E-state index in [-0.39, 0.29) is 29.9 Å². The minimum Gasteiger partial charge on any atom is -0.339 e. The van der Waals surface area contributed by atoms with Gasteiger partial charge in [0.1, 0.15) is 5.82 Å². The first-order valence-corrected chi connectivity index (χ1v) is 7.05. The van der Waals surface area contributed by atoms with Gasteiger partial charge in [-0.05, 0) is 13.1 Å². The molecule has 0 aliphatic carbocycles. The van der Waals surface area contributed by atoms with Crippen LogP contribution in [0.2, 0.25) is 5.02 Å². The van der Waals surface area contributed by atoms with Crippen LogP contribution >= 0.6 is 24.0 Å². The number of nitrogens with one attached hydrogen (secondary N) is 1. The van der Waals surface area contributed by atoms with Gasteiger partial charge >= 0.3 is 0 Å². The van der Waals surface area contributed by atoms with Gasteiger partial charge in [0, 0.05) is 38.3 Å². The van der Waals surface area contributed by atoms with Crippen LogP contribution < -0.4 is 5.32 Å². The van der Waals surface area contributed by atoms with Gasteiger partial charge in [-0.1, -0.05) is 23.7 Å². The first-order chi connectivity index (χ1) is 9.58. The highest BCUT2D eigenvalue weighted by Gasteiger charge is 2.18. The summed E-state index contributed by atoms with van der Waals surface area (Å²) in [6.45, 7) is 3.78. The SMILES string of the molecule is CN(CC(=O)N1CCNCC1)Cc1cccc(Cl)c1F.Cl. The van der Waals surface area contributed by atoms with E-state index in [0.29, 0.717) is 12.1 Å². The second kappa shape index (κ2) is 8.54. The zero-order valence-corrected chi connectivity index (χ0v) is 13.5. The van der Waals surface area contributed by atoms with Gasteiger partial charge in [-0.25, -0.2) is 4.39 Å². The Labute approximate surface area is 135 Å². The first kappa shape index (κ1) is 18.2. The number of carbonyl (C=O) groups excluding carboxylic acids is 1. The Hall–Kier alpha value is -0.880. The molecule has 1 amide bonds. The maximum atomic E-state index is 13.8. The van der Waals surface area contributed by atoms with Gasteiger partial charge < -0.3 is 10.2 Å². The Bertz CT molecular complexity index is 481. The summed E-state index contributed by atoms with van der Waals surface area (Å²) in [5, 5.41) is 3.32. The molecular weight excluding hydrogens is 316 g/mol. The molecular formula is C14H20Cl2FN3O. The lowest BCUT2D eigenvalue weighted by atomic mass is 10.2. The summed E-state index contributed by atoms with van der Waals surface area (Å²) in [6, 6.07) is 4.92. The van der Waals surface area contributed by atoms with Crippen LogP contribution in [-0.4, -0.2) is 55.5 Å². The summed E-state index contributed by atoms with van der Waals surface area (Å²) in [7, 11) is 1.81. The van der Waals surface area contributed by atoms with E-state index < -0.39 is 5.82 Å². The fourth-order valence-electron chi connectivity index (χ4n) is 2.26. The molecule has 1 N–H and O–H groups in total. The zero-order chi connectivity index (χ0) is 14.5. The summed E-state index contributed by atoms with van der Waals surface area (Å²) in [5.41, 5.74) is 0.508. The van der Waals surface area contributed by atoms with E-state index in [9.17, 15) is 9.18 Å². The minimum absolute atomic E-state index is 0. The highest BCUT2D eigenvalue weighted by atomic mass is 35.5. The van der Waals surface area contributed by atoms with Crippen LogP contribution in [0.3, 0.4) is 0 Å². The summed E-state index contributed by atoms with van der Waals surface area (Å²) >= 11 is 5.75. The third-order valence-electron chi connectivity index (χ3n) is 3.35. The maximum Gasteiger partial charge on any atom is 0.236 e. The molecule has 0 aromatic heterocycles. The fraction of sp³-hybridized carbons (Fsp3) is 0.500. The molecule has 2 rings (SSSR count). The topological polar surface area (TPSA) is 35.6 Å². The number of hydrogen-bond acceptors (Lipinski definition) is 3. The lowest BCUT2D eigenvalue weighted by Gasteiger charge is -2.29. The number of halogens is 3. The third kappa shape index (κ3) is 5.11. The van der Waals surface area contributed by atoms with Crippen molar-refractivity contribution in [1.29, 1.82) is 0 Å². The van der Waals surface area contributed by atoms with Crippen molar-refractivity contribution in [2.75, 3.05) is 39.8 Å². The van der Waals surface area contributed by atoms with Crippen LogP contribution in [0.15, 0.2) is 18.2 Å². The van der Waals surface area contributed by atoms with Crippen LogP contribution in [0.1, 0.15) is 5.56 Å². The molecule has 0 radical (unpaired) electrons. The van der Waals surface area contributed by atoms with E-state index in [1.54, 1.807) is 24.1 Å². The first-order valence-electron chi connectivity index (χ1n) is 6.68. The Morgan fingerprint density at radius 3 is 2.76 bits per heavy atom. The molecule has 0 spiro atoms. The van der Waals surface area contributed by atoms with Crippen molar-refractivity contribution in [2.24, 2.45) is 0 Å². The van der Waals surface area contributed by atoms with Crippen LogP contribution in [0, 0.1) is 5.82 Å². The van der Waals surface area contributed by atoms with Crippen molar-refractivity contribution in [1.82, 2.24) is 15.1 Å². The lowest BCUT2D eigenvalue weighted by Crippen LogP contribution is -2.49. The van der Waals surface area contributed by atoms with Gasteiger partial charge in [0.15, 0.2) is 0 Å². The minimum atomic E-state index is -0.407. The Balaban J connectivity index is 0.00000220. The molecule has 1 aromatic carbocycles. The predicted octanol–water partition coefficient (Wildman–Crippen LogP) is 1.76. The van der Waals surface area contributed by atoms with Crippen molar-refractivity contribution in [3.05, 3.63) is 34.6 Å². The summed E-state index contributed by atoms with van der Waals surface area (Å²) in [6.07, 6.45) is 0. The van der Waals surface area contributed by atoms with E-state index in [0.717, 1.165) is 26.2 Å². The van der Waals surface area contributed by atoms with Crippen LogP contribution in [-0.2, 0) is 11.3 Å². The predicted molar refractivity (Wildman–Crippen MR) is 84.4 cm³/mol. The number of rotatable bonds is 4. The monoisotopic (exact) mass is 335 g/mol. The third-order valence-corrected chi connectivity index (χ3v) is 3.64. The van der Waals surface area contributed by atoms with Crippen LogP contribution in [0.25, 0.3) is 0 Å². The van der Waals surface area contributed by atoms with E-state index >= 15 is 0 Å². The number of piperazine rings is 1. The van der Waals surface area contributed by atoms with Gasteiger partial charge in [0.2, 0.25) is 5.91 Å². The average molecular weight is 336 g/mol. The standard InChI is InChI=1S/C14H19ClFN3O.ClH/c1-18(9-11-3-2-4-12(15)14(11)16)10-13(20)19-7-5-17-6-8-19;/h2-4,17H,5-10H2,1H3;1H. The fourth-order valence-corrected chi connectivity index (χ4v) is 2.46. The molecule has 1 heterocycles. The van der Waals surface area contributed by atoms with Crippen molar-refractivity contribution < 1.29 is 9.18 Å². The van der Waals surface area contributed by atoms with E-state index in [1.165, 1.54) is 6.07 Å². The molecule has 1 aliphatic heterocycles. The molecule has 0 atom stereocenters. The van der Waals surface area contributed by atoms with E-state index in [4.69, 9.17) is 11.6 Å². The average Bonchev–Trinajstić information content (AvgIpc) is 2.45. The van der Waals surface area contributed by atoms with Crippen molar-refractivity contribution in [3.8, 4) is 0 Å². The zero-order valence-electron chi connectivity index (χ0n) is 11.9. The molecule has 1 saturated heterocycles. The van der Waals surface area contributed by atoms with Crippen LogP contribution in [0.5, 0.6) is 0 Å². The Kier molecular flexibility index (Phi) is 7.39. The van der Waals surface area contributed by atoms with Gasteiger partial charge in [-0.2, -0.15) is 0 Å². The number of nitrogens with zero attached hydrogens (tertiary/aromatic N) is 2. The molecule has 1 aliphatic rings. The molecule has 0 bridgehead atoms. The van der Waals surface area contributed by atoms with E-state index in [1.807, 2.05) is 4.90 Å². The molecule has 118 valence electrons. The second-order valence-corrected chi connectivity index (χ2v) is 5.42. The molecule has 0 unspecified atom stereocenters. The number of hydrogen-bond donors (Lipinski definition) is 1. The number of benzene rings is 1.